The van der Waals surface area contributed by atoms with Crippen molar-refractivity contribution < 1.29 is 24.1 Å². The van der Waals surface area contributed by atoms with E-state index in [1.807, 2.05) is 14.1 Å². The molecule has 0 unspecified atom stereocenters. The SMILES string of the molecule is CC[C@@]1(O)C(=O)OCc2c1cc1n(c2=O)Cc2c-1nc1cc(F)c(C)c3c1c2[C@H]([C@@H](CCO)N(C)C)CC3. The van der Waals surface area contributed by atoms with Crippen LogP contribution in [0.1, 0.15) is 65.5 Å². The number of cyclic esters (lactones) is 1. The van der Waals surface area contributed by atoms with Crippen LogP contribution in [-0.2, 0) is 34.7 Å². The molecule has 3 atom stereocenters. The molecule has 2 aliphatic heterocycles. The maximum Gasteiger partial charge on any atom is 0.343 e. The second-order valence-corrected chi connectivity index (χ2v) is 11.0. The molecule has 200 valence electrons. The first-order valence-electron chi connectivity index (χ1n) is 13.2. The zero-order chi connectivity index (χ0) is 27.1. The summed E-state index contributed by atoms with van der Waals surface area (Å²) in [5, 5.41) is 22.0. The number of pyridine rings is 2. The molecule has 1 aliphatic carbocycles. The lowest BCUT2D eigenvalue weighted by Gasteiger charge is -2.37. The molecular weight excluding hydrogens is 489 g/mol. The summed E-state index contributed by atoms with van der Waals surface area (Å²) >= 11 is 0. The Morgan fingerprint density at radius 1 is 1.26 bits per heavy atom. The highest BCUT2D eigenvalue weighted by molar-refractivity contribution is 5.93. The Hall–Kier alpha value is -3.14. The number of hydrogen-bond acceptors (Lipinski definition) is 7. The predicted octanol–water partition coefficient (Wildman–Crippen LogP) is 2.87. The fraction of sp³-hybridized carbons (Fsp3) is 0.483. The number of nitrogens with zero attached hydrogens (tertiary/aromatic N) is 3. The zero-order valence-corrected chi connectivity index (χ0v) is 22.1. The zero-order valence-electron chi connectivity index (χ0n) is 22.1. The third kappa shape index (κ3) is 3.28. The fourth-order valence-corrected chi connectivity index (χ4v) is 6.93. The highest BCUT2D eigenvalue weighted by Gasteiger charge is 2.46. The molecule has 0 bridgehead atoms. The Morgan fingerprint density at radius 3 is 2.71 bits per heavy atom. The number of hydrogen-bond donors (Lipinski definition) is 2. The van der Waals surface area contributed by atoms with Crippen molar-refractivity contribution in [3.63, 3.8) is 0 Å². The standard InChI is InChI=1S/C29H32FN3O5/c1-5-29(37)19-10-23-26-17(12-33(23)27(35)18(19)13-38-28(29)36)24-16(22(8-9-34)32(3)4)7-6-15-14(2)20(30)11-21(31-26)25(15)24/h10-11,16,22,34,37H,5-9,12-13H2,1-4H3/t16-,22+,29-/m0/s1. The first kappa shape index (κ1) is 25.2. The number of fused-ring (bicyclic) bond motifs is 5. The van der Waals surface area contributed by atoms with Gasteiger partial charge in [0.2, 0.25) is 0 Å². The summed E-state index contributed by atoms with van der Waals surface area (Å²) in [4.78, 5) is 33.3. The van der Waals surface area contributed by atoms with Gasteiger partial charge in [-0.2, -0.15) is 0 Å². The van der Waals surface area contributed by atoms with Gasteiger partial charge in [-0.1, -0.05) is 6.92 Å². The van der Waals surface area contributed by atoms with E-state index in [2.05, 4.69) is 4.90 Å². The summed E-state index contributed by atoms with van der Waals surface area (Å²) in [5.74, 6) is -1.03. The van der Waals surface area contributed by atoms with E-state index in [4.69, 9.17) is 9.72 Å². The molecule has 0 fully saturated rings. The minimum Gasteiger partial charge on any atom is -0.458 e. The van der Waals surface area contributed by atoms with E-state index in [-0.39, 0.29) is 54.1 Å². The maximum atomic E-state index is 15.1. The number of aryl methyl sites for hydroxylation is 1. The smallest absolute Gasteiger partial charge is 0.343 e. The molecule has 0 radical (unpaired) electrons. The van der Waals surface area contributed by atoms with Gasteiger partial charge in [-0.05, 0) is 69.5 Å². The first-order chi connectivity index (χ1) is 18.1. The number of likely N-dealkylation sites (N-methyl/N-ethyl adjacent to an activating group) is 1. The summed E-state index contributed by atoms with van der Waals surface area (Å²) in [5.41, 5.74) is 3.46. The molecule has 4 heterocycles. The van der Waals surface area contributed by atoms with Crippen LogP contribution in [0.3, 0.4) is 0 Å². The third-order valence-electron chi connectivity index (χ3n) is 8.98. The summed E-state index contributed by atoms with van der Waals surface area (Å²) in [6, 6.07) is 3.20. The lowest BCUT2D eigenvalue weighted by atomic mass is 9.74. The summed E-state index contributed by atoms with van der Waals surface area (Å²) in [7, 11) is 4.00. The maximum absolute atomic E-state index is 15.1. The first-order valence-corrected chi connectivity index (χ1v) is 13.2. The Balaban J connectivity index is 1.67. The van der Waals surface area contributed by atoms with Crippen molar-refractivity contribution in [3.8, 4) is 11.4 Å². The number of benzene rings is 1. The van der Waals surface area contributed by atoms with Crippen molar-refractivity contribution in [1.82, 2.24) is 14.5 Å². The minimum absolute atomic E-state index is 0.0399. The van der Waals surface area contributed by atoms with E-state index in [9.17, 15) is 19.8 Å². The lowest BCUT2D eigenvalue weighted by Crippen LogP contribution is -2.44. The van der Waals surface area contributed by atoms with Crippen LogP contribution >= 0.6 is 0 Å². The molecule has 2 aromatic heterocycles. The molecule has 3 aliphatic rings. The van der Waals surface area contributed by atoms with E-state index in [1.54, 1.807) is 24.5 Å². The number of aromatic nitrogens is 2. The number of ether oxygens (including phenoxy) is 1. The fourth-order valence-electron chi connectivity index (χ4n) is 6.93. The lowest BCUT2D eigenvalue weighted by molar-refractivity contribution is -0.172. The molecule has 8 nitrogen and oxygen atoms in total. The second kappa shape index (κ2) is 8.69. The number of aliphatic hydroxyl groups is 2. The van der Waals surface area contributed by atoms with E-state index in [1.165, 1.54) is 6.07 Å². The third-order valence-corrected chi connectivity index (χ3v) is 8.98. The largest absolute Gasteiger partial charge is 0.458 e. The van der Waals surface area contributed by atoms with E-state index >= 15 is 4.39 Å². The van der Waals surface area contributed by atoms with Gasteiger partial charge in [-0.15, -0.1) is 0 Å². The number of halogens is 1. The predicted molar refractivity (Wildman–Crippen MR) is 139 cm³/mol. The van der Waals surface area contributed by atoms with Gasteiger partial charge in [0.15, 0.2) is 5.60 Å². The van der Waals surface area contributed by atoms with Crippen molar-refractivity contribution in [3.05, 3.63) is 61.7 Å². The second-order valence-electron chi connectivity index (χ2n) is 11.0. The van der Waals surface area contributed by atoms with Gasteiger partial charge in [0, 0.05) is 41.1 Å². The quantitative estimate of drug-likeness (QED) is 0.389. The van der Waals surface area contributed by atoms with Crippen LogP contribution in [-0.4, -0.2) is 57.4 Å². The van der Waals surface area contributed by atoms with Crippen LogP contribution < -0.4 is 5.56 Å². The van der Waals surface area contributed by atoms with E-state index < -0.39 is 11.6 Å². The normalized spacial score (nSPS) is 22.3. The van der Waals surface area contributed by atoms with Crippen LogP contribution in [0.2, 0.25) is 0 Å². The number of carbonyl (C=O) groups is 1. The van der Waals surface area contributed by atoms with Crippen molar-refractivity contribution in [2.45, 2.75) is 70.2 Å². The molecule has 0 spiro atoms. The van der Waals surface area contributed by atoms with Crippen molar-refractivity contribution in [2.75, 3.05) is 20.7 Å². The Labute approximate surface area is 219 Å². The molecule has 9 heteroatoms. The molecule has 0 saturated carbocycles. The number of rotatable bonds is 5. The van der Waals surface area contributed by atoms with Gasteiger partial charge < -0.3 is 24.4 Å². The molecule has 3 aromatic rings. The Bertz CT molecular complexity index is 1580. The molecular formula is C29H32FN3O5. The number of carbonyl (C=O) groups excluding carboxylic acids is 1. The summed E-state index contributed by atoms with van der Waals surface area (Å²) in [6.07, 6.45) is 2.13. The average molecular weight is 522 g/mol. The van der Waals surface area contributed by atoms with Gasteiger partial charge in [-0.25, -0.2) is 14.2 Å². The number of esters is 1. The molecule has 38 heavy (non-hydrogen) atoms. The number of aliphatic hydroxyl groups excluding tert-OH is 1. The molecule has 0 amide bonds. The monoisotopic (exact) mass is 521 g/mol. The van der Waals surface area contributed by atoms with Gasteiger partial charge >= 0.3 is 5.97 Å². The summed E-state index contributed by atoms with van der Waals surface area (Å²) < 4.78 is 21.9. The van der Waals surface area contributed by atoms with Crippen LogP contribution in [0.25, 0.3) is 22.3 Å². The molecule has 0 saturated heterocycles. The van der Waals surface area contributed by atoms with Gasteiger partial charge in [0.25, 0.3) is 5.56 Å². The van der Waals surface area contributed by atoms with Crippen LogP contribution in [0.4, 0.5) is 4.39 Å². The molecule has 2 N–H and O–H groups in total. The highest BCUT2D eigenvalue weighted by Crippen LogP contribution is 2.48. The van der Waals surface area contributed by atoms with Gasteiger partial charge in [-0.3, -0.25) is 4.79 Å². The van der Waals surface area contributed by atoms with Crippen molar-refractivity contribution in [2.24, 2.45) is 0 Å². The van der Waals surface area contributed by atoms with Crippen LogP contribution in [0, 0.1) is 12.7 Å². The van der Waals surface area contributed by atoms with Gasteiger partial charge in [0.05, 0.1) is 29.0 Å². The molecule has 6 rings (SSSR count). The minimum atomic E-state index is -1.91. The van der Waals surface area contributed by atoms with Crippen LogP contribution in [0.5, 0.6) is 0 Å². The van der Waals surface area contributed by atoms with E-state index in [0.29, 0.717) is 41.9 Å². The van der Waals surface area contributed by atoms with Crippen molar-refractivity contribution in [1.29, 1.82) is 0 Å². The molecule has 1 aromatic carbocycles. The topological polar surface area (TPSA) is 105 Å². The van der Waals surface area contributed by atoms with Crippen LogP contribution in [0.15, 0.2) is 16.9 Å². The Kier molecular flexibility index (Phi) is 5.75. The average Bonchev–Trinajstić information content (AvgIpc) is 3.27. The van der Waals surface area contributed by atoms with E-state index in [0.717, 1.165) is 28.5 Å². The van der Waals surface area contributed by atoms with Gasteiger partial charge in [0.1, 0.15) is 12.4 Å². The highest BCUT2D eigenvalue weighted by atomic mass is 19.1. The summed E-state index contributed by atoms with van der Waals surface area (Å²) in [6.45, 7) is 3.62. The Morgan fingerprint density at radius 2 is 2.03 bits per heavy atom. The van der Waals surface area contributed by atoms with Crippen molar-refractivity contribution >= 4 is 16.9 Å².